The lowest BCUT2D eigenvalue weighted by molar-refractivity contribution is 0.824. The Balaban J connectivity index is -0.000000242. The van der Waals surface area contributed by atoms with Crippen LogP contribution in [0.4, 0.5) is 0 Å². The first-order chi connectivity index (χ1) is 9.61. The lowest BCUT2D eigenvalue weighted by Gasteiger charge is -2.11. The van der Waals surface area contributed by atoms with Crippen LogP contribution in [0.15, 0.2) is 48.6 Å². The van der Waals surface area contributed by atoms with Crippen molar-refractivity contribution in [2.75, 3.05) is 0 Å². The monoisotopic (exact) mass is 278 g/mol. The molecule has 1 aliphatic carbocycles. The summed E-state index contributed by atoms with van der Waals surface area (Å²) in [4.78, 5) is 0. The van der Waals surface area contributed by atoms with Gasteiger partial charge in [-0.25, -0.2) is 0 Å². The van der Waals surface area contributed by atoms with E-state index in [9.17, 15) is 0 Å². The summed E-state index contributed by atoms with van der Waals surface area (Å²) in [6.45, 7) is 19.5. The molecule has 0 heteroatoms. The van der Waals surface area contributed by atoms with Gasteiger partial charge in [-0.1, -0.05) is 76.5 Å². The van der Waals surface area contributed by atoms with Crippen molar-refractivity contribution < 1.29 is 0 Å². The largest absolute Gasteiger partial charge is 0.103 e. The highest BCUT2D eigenvalue weighted by molar-refractivity contribution is 5.23. The zero-order chi connectivity index (χ0) is 16.2. The van der Waals surface area contributed by atoms with Crippen molar-refractivity contribution in [2.24, 2.45) is 0 Å². The van der Waals surface area contributed by atoms with Crippen molar-refractivity contribution in [1.82, 2.24) is 0 Å². The van der Waals surface area contributed by atoms with Crippen molar-refractivity contribution in [3.63, 3.8) is 0 Å². The molecule has 0 N–H and O–H groups in total. The molecule has 0 radical (unpaired) electrons. The number of hydrogen-bond donors (Lipinski definition) is 0. The normalized spacial score (nSPS) is 11.9. The van der Waals surface area contributed by atoms with Gasteiger partial charge in [0, 0.05) is 0 Å². The quantitative estimate of drug-likeness (QED) is 0.465. The summed E-state index contributed by atoms with van der Waals surface area (Å²) in [6, 6.07) is 0. The van der Waals surface area contributed by atoms with Crippen LogP contribution in [0.2, 0.25) is 0 Å². The van der Waals surface area contributed by atoms with E-state index in [1.165, 1.54) is 32.1 Å². The predicted molar refractivity (Wildman–Crippen MR) is 98.3 cm³/mol. The lowest BCUT2D eigenvalue weighted by Crippen LogP contribution is -1.91. The maximum atomic E-state index is 3.48. The minimum Gasteiger partial charge on any atom is -0.103 e. The Morgan fingerprint density at radius 3 is 1.25 bits per heavy atom. The molecule has 0 aromatic heterocycles. The summed E-state index contributed by atoms with van der Waals surface area (Å²) >= 11 is 0. The summed E-state index contributed by atoms with van der Waals surface area (Å²) in [5.74, 6) is 0. The molecule has 0 heterocycles. The second kappa shape index (κ2) is 23.1. The predicted octanol–water partition coefficient (Wildman–Crippen LogP) is 7.64. The van der Waals surface area contributed by atoms with E-state index < -0.39 is 0 Å². The molecule has 0 aromatic rings. The first-order valence-electron chi connectivity index (χ1n) is 8.16. The Morgan fingerprint density at radius 2 is 1.15 bits per heavy atom. The maximum absolute atomic E-state index is 3.48. The molecule has 20 heavy (non-hydrogen) atoms. The van der Waals surface area contributed by atoms with E-state index in [1.54, 1.807) is 17.2 Å². The Bertz CT molecular complexity index is 233. The Morgan fingerprint density at radius 1 is 0.900 bits per heavy atom. The van der Waals surface area contributed by atoms with Crippen LogP contribution in [0.3, 0.4) is 0 Å². The van der Waals surface area contributed by atoms with Crippen LogP contribution >= 0.6 is 0 Å². The third kappa shape index (κ3) is 22.2. The zero-order valence-corrected chi connectivity index (χ0v) is 15.0. The molecule has 0 bridgehead atoms. The molecule has 0 nitrogen and oxygen atoms in total. The lowest BCUT2D eigenvalue weighted by atomic mass is 9.96. The van der Waals surface area contributed by atoms with Crippen molar-refractivity contribution in [3.8, 4) is 0 Å². The fourth-order valence-corrected chi connectivity index (χ4v) is 1.31. The number of hydrogen-bond acceptors (Lipinski definition) is 0. The summed E-state index contributed by atoms with van der Waals surface area (Å²) in [5, 5.41) is 0. The summed E-state index contributed by atoms with van der Waals surface area (Å²) < 4.78 is 0. The maximum Gasteiger partial charge on any atom is -0.0280 e. The molecule has 0 fully saturated rings. The van der Waals surface area contributed by atoms with Gasteiger partial charge in [0.25, 0.3) is 0 Å². The van der Waals surface area contributed by atoms with Gasteiger partial charge in [-0.05, 0) is 39.0 Å². The van der Waals surface area contributed by atoms with Crippen molar-refractivity contribution in [3.05, 3.63) is 48.6 Å². The van der Waals surface area contributed by atoms with Crippen LogP contribution in [-0.2, 0) is 0 Å². The van der Waals surface area contributed by atoms with E-state index in [4.69, 9.17) is 0 Å². The van der Waals surface area contributed by atoms with Crippen LogP contribution in [0.25, 0.3) is 0 Å². The van der Waals surface area contributed by atoms with E-state index in [1.807, 2.05) is 13.0 Å². The second-order valence-corrected chi connectivity index (χ2v) is 4.67. The van der Waals surface area contributed by atoms with Crippen LogP contribution < -0.4 is 0 Å². The summed E-state index contributed by atoms with van der Waals surface area (Å²) in [6.07, 6.45) is 15.6. The first-order valence-corrected chi connectivity index (χ1v) is 8.16. The molecule has 0 unspecified atom stereocenters. The van der Waals surface area contributed by atoms with Crippen molar-refractivity contribution in [2.45, 2.75) is 80.1 Å². The zero-order valence-electron chi connectivity index (χ0n) is 15.0. The van der Waals surface area contributed by atoms with Gasteiger partial charge in [0.15, 0.2) is 0 Å². The summed E-state index contributed by atoms with van der Waals surface area (Å²) in [5.41, 5.74) is 3.22. The third-order valence-corrected chi connectivity index (χ3v) is 2.52. The van der Waals surface area contributed by atoms with E-state index in [0.29, 0.717) is 0 Å². The standard InChI is InChI=1S/C10H16.C4H8.C3H8.C3H6/c1-3-9-5-7-10(4-2)8-6-9;1-3-4-2;2*1-3-2/h5,7H,3-4,6,8H2,1-2H3;3H,1,4H2,2H3;3H2,1-2H3;3H,1H2,2H3. The second-order valence-electron chi connectivity index (χ2n) is 4.67. The molecule has 0 spiro atoms. The SMILES string of the molecule is C=CC.C=CCC.CCC.CCC1=CC=C(CC)CC1. The van der Waals surface area contributed by atoms with E-state index in [2.05, 4.69) is 59.9 Å². The average molecular weight is 279 g/mol. The van der Waals surface area contributed by atoms with Gasteiger partial charge >= 0.3 is 0 Å². The molecular formula is C20H38. The highest BCUT2D eigenvalue weighted by Gasteiger charge is 2.01. The van der Waals surface area contributed by atoms with Gasteiger partial charge in [-0.2, -0.15) is 0 Å². The van der Waals surface area contributed by atoms with Gasteiger partial charge in [-0.15, -0.1) is 13.2 Å². The molecule has 1 rings (SSSR count). The minimum absolute atomic E-state index is 1.08. The third-order valence-electron chi connectivity index (χ3n) is 2.52. The molecule has 1 aliphatic rings. The molecule has 0 amide bonds. The van der Waals surface area contributed by atoms with Crippen molar-refractivity contribution >= 4 is 0 Å². The van der Waals surface area contributed by atoms with Gasteiger partial charge in [0.1, 0.15) is 0 Å². The van der Waals surface area contributed by atoms with E-state index in [-0.39, 0.29) is 0 Å². The van der Waals surface area contributed by atoms with Gasteiger partial charge in [0.05, 0.1) is 0 Å². The molecular weight excluding hydrogens is 240 g/mol. The molecule has 0 saturated heterocycles. The fraction of sp³-hybridized carbons (Fsp3) is 0.600. The molecule has 0 aromatic carbocycles. The molecule has 0 saturated carbocycles. The van der Waals surface area contributed by atoms with E-state index in [0.717, 1.165) is 6.42 Å². The Hall–Kier alpha value is -1.04. The average Bonchev–Trinajstić information content (AvgIpc) is 2.49. The smallest absolute Gasteiger partial charge is 0.0280 e. The first kappa shape index (κ1) is 24.0. The van der Waals surface area contributed by atoms with Crippen LogP contribution in [0, 0.1) is 0 Å². The summed E-state index contributed by atoms with van der Waals surface area (Å²) in [7, 11) is 0. The number of rotatable bonds is 3. The fourth-order valence-electron chi connectivity index (χ4n) is 1.31. The number of allylic oxidation sites excluding steroid dienone is 6. The Labute approximate surface area is 129 Å². The van der Waals surface area contributed by atoms with Crippen LogP contribution in [0.1, 0.15) is 80.1 Å². The van der Waals surface area contributed by atoms with E-state index >= 15 is 0 Å². The van der Waals surface area contributed by atoms with Gasteiger partial charge in [0.2, 0.25) is 0 Å². The van der Waals surface area contributed by atoms with Crippen LogP contribution in [-0.4, -0.2) is 0 Å². The Kier molecular flexibility index (Phi) is 27.7. The minimum atomic E-state index is 1.08. The molecule has 0 aliphatic heterocycles. The topological polar surface area (TPSA) is 0 Å². The molecule has 118 valence electrons. The van der Waals surface area contributed by atoms with Gasteiger partial charge in [-0.3, -0.25) is 0 Å². The molecule has 0 atom stereocenters. The van der Waals surface area contributed by atoms with Gasteiger partial charge < -0.3 is 0 Å². The van der Waals surface area contributed by atoms with Crippen LogP contribution in [0.5, 0.6) is 0 Å². The van der Waals surface area contributed by atoms with Crippen molar-refractivity contribution in [1.29, 1.82) is 0 Å². The highest BCUT2D eigenvalue weighted by atomic mass is 14.1. The highest BCUT2D eigenvalue weighted by Crippen LogP contribution is 2.21.